The van der Waals surface area contributed by atoms with Crippen molar-refractivity contribution in [1.82, 2.24) is 0 Å². The van der Waals surface area contributed by atoms with Crippen molar-refractivity contribution in [3.8, 4) is 0 Å². The Morgan fingerprint density at radius 3 is 1.73 bits per heavy atom. The summed E-state index contributed by atoms with van der Waals surface area (Å²) < 4.78 is 0. The zero-order valence-electron chi connectivity index (χ0n) is 24.6. The van der Waals surface area contributed by atoms with Gasteiger partial charge < -0.3 is 0 Å². The largest absolute Gasteiger partial charge is 0.306 e. The lowest BCUT2D eigenvalue weighted by Crippen LogP contribution is -2.35. The van der Waals surface area contributed by atoms with E-state index in [4.69, 9.17) is 0 Å². The lowest BCUT2D eigenvalue weighted by molar-refractivity contribution is -0.107. The minimum Gasteiger partial charge on any atom is -0.247 e. The summed E-state index contributed by atoms with van der Waals surface area (Å²) in [6, 6.07) is 30.9. The van der Waals surface area contributed by atoms with Crippen LogP contribution in [-0.2, 0) is 4.79 Å². The fourth-order valence-corrected chi connectivity index (χ4v) is 9.67. The fraction of sp³-hybridized carbons (Fsp3) is 0.237. The van der Waals surface area contributed by atoms with Gasteiger partial charge in [0.1, 0.15) is 15.9 Å². The second kappa shape index (κ2) is 13.2. The smallest absolute Gasteiger partial charge is 0.247 e. The molecule has 0 saturated carbocycles. The predicted molar refractivity (Wildman–Crippen MR) is 176 cm³/mol. The van der Waals surface area contributed by atoms with Crippen LogP contribution in [0.5, 0.6) is 0 Å². The highest BCUT2D eigenvalue weighted by Crippen LogP contribution is 2.56. The summed E-state index contributed by atoms with van der Waals surface area (Å²) in [5.41, 5.74) is 5.51. The molecule has 0 spiro atoms. The molecule has 0 atom stereocenters. The first kappa shape index (κ1) is 29.4. The monoisotopic (exact) mass is 545 g/mol. The van der Waals surface area contributed by atoms with E-state index < -0.39 is 7.26 Å². The number of carbonyl (C=O) groups excluding carboxylic acids is 1. The van der Waals surface area contributed by atoms with Gasteiger partial charge in [-0.2, -0.15) is 0 Å². The van der Waals surface area contributed by atoms with Gasteiger partial charge in [-0.3, -0.25) is 0 Å². The molecule has 0 heterocycles. The van der Waals surface area contributed by atoms with Crippen molar-refractivity contribution < 1.29 is 4.79 Å². The van der Waals surface area contributed by atoms with Gasteiger partial charge in [-0.05, 0) is 93.0 Å². The van der Waals surface area contributed by atoms with Gasteiger partial charge in [0.25, 0.3) is 0 Å². The number of carbonyl (C=O) groups is 1. The molecule has 0 unspecified atom stereocenters. The van der Waals surface area contributed by atoms with Gasteiger partial charge >= 0.3 is 5.52 Å². The predicted octanol–water partition coefficient (Wildman–Crippen LogP) is 9.04. The van der Waals surface area contributed by atoms with Crippen LogP contribution in [0.4, 0.5) is 0 Å². The molecular formula is C38H42OP+. The summed E-state index contributed by atoms with van der Waals surface area (Å²) >= 11 is 0. The molecule has 0 amide bonds. The molecule has 40 heavy (non-hydrogen) atoms. The highest BCUT2D eigenvalue weighted by atomic mass is 31.2. The summed E-state index contributed by atoms with van der Waals surface area (Å²) in [7, 11) is -2.58. The van der Waals surface area contributed by atoms with Crippen LogP contribution in [0.1, 0.15) is 53.9 Å². The topological polar surface area (TPSA) is 17.1 Å². The molecule has 0 radical (unpaired) electrons. The van der Waals surface area contributed by atoms with Crippen molar-refractivity contribution in [2.24, 2.45) is 5.41 Å². The second-order valence-electron chi connectivity index (χ2n) is 11.4. The van der Waals surface area contributed by atoms with Crippen molar-refractivity contribution in [1.29, 1.82) is 0 Å². The average molecular weight is 546 g/mol. The van der Waals surface area contributed by atoms with Gasteiger partial charge in [-0.1, -0.05) is 110 Å². The third-order valence-electron chi connectivity index (χ3n) is 7.89. The quantitative estimate of drug-likeness (QED) is 0.149. The van der Waals surface area contributed by atoms with Crippen LogP contribution >= 0.6 is 7.26 Å². The molecule has 0 bridgehead atoms. The number of rotatable bonds is 9. The Morgan fingerprint density at radius 2 is 1.25 bits per heavy atom. The normalized spacial score (nSPS) is 16.6. The van der Waals surface area contributed by atoms with Crippen LogP contribution in [0.2, 0.25) is 0 Å². The van der Waals surface area contributed by atoms with E-state index in [-0.39, 0.29) is 10.9 Å². The maximum Gasteiger partial charge on any atom is 0.306 e. The molecule has 1 aliphatic rings. The maximum atomic E-state index is 14.5. The summed E-state index contributed by atoms with van der Waals surface area (Å²) in [6.45, 7) is 11.1. The third-order valence-corrected chi connectivity index (χ3v) is 11.9. The van der Waals surface area contributed by atoms with Crippen LogP contribution in [0, 0.1) is 5.41 Å². The van der Waals surface area contributed by atoms with Crippen LogP contribution in [0.15, 0.2) is 150 Å². The van der Waals surface area contributed by atoms with Gasteiger partial charge in [-0.25, -0.2) is 4.79 Å². The molecule has 1 aliphatic carbocycles. The second-order valence-corrected chi connectivity index (χ2v) is 14.8. The van der Waals surface area contributed by atoms with Gasteiger partial charge in [0, 0.05) is 6.08 Å². The molecule has 0 N–H and O–H groups in total. The highest BCUT2D eigenvalue weighted by Gasteiger charge is 2.52. The van der Waals surface area contributed by atoms with Crippen LogP contribution < -0.4 is 15.9 Å². The zero-order chi connectivity index (χ0) is 28.6. The van der Waals surface area contributed by atoms with Crippen LogP contribution in [0.25, 0.3) is 0 Å². The van der Waals surface area contributed by atoms with Crippen molar-refractivity contribution in [3.63, 3.8) is 0 Å². The Labute approximate surface area is 242 Å². The Morgan fingerprint density at radius 1 is 0.750 bits per heavy atom. The zero-order valence-corrected chi connectivity index (χ0v) is 25.5. The summed E-state index contributed by atoms with van der Waals surface area (Å²) in [4.78, 5) is 14.5. The lowest BCUT2D eigenvalue weighted by Gasteiger charge is -2.32. The van der Waals surface area contributed by atoms with E-state index in [1.54, 1.807) is 0 Å². The summed E-state index contributed by atoms with van der Waals surface area (Å²) in [6.07, 6.45) is 16.3. The highest BCUT2D eigenvalue weighted by molar-refractivity contribution is 8.08. The van der Waals surface area contributed by atoms with Gasteiger partial charge in [-0.15, -0.1) is 0 Å². The average Bonchev–Trinajstić information content (AvgIpc) is 2.94. The summed E-state index contributed by atoms with van der Waals surface area (Å²) in [5, 5.41) is 3.21. The van der Waals surface area contributed by atoms with E-state index in [9.17, 15) is 4.79 Å². The van der Waals surface area contributed by atoms with Gasteiger partial charge in [0.2, 0.25) is 0 Å². The number of hydrogen-bond donors (Lipinski definition) is 0. The van der Waals surface area contributed by atoms with Crippen molar-refractivity contribution in [2.75, 3.05) is 0 Å². The fourth-order valence-electron chi connectivity index (χ4n) is 5.76. The number of benzene rings is 3. The van der Waals surface area contributed by atoms with E-state index in [2.05, 4.69) is 88.4 Å². The maximum absolute atomic E-state index is 14.5. The molecule has 1 nitrogen and oxygen atoms in total. The molecule has 3 aromatic rings. The molecule has 0 fully saturated rings. The van der Waals surface area contributed by atoms with Crippen LogP contribution in [-0.4, -0.2) is 5.52 Å². The van der Waals surface area contributed by atoms with Crippen molar-refractivity contribution >= 4 is 28.7 Å². The Kier molecular flexibility index (Phi) is 9.72. The minimum absolute atomic E-state index is 0.154. The van der Waals surface area contributed by atoms with Crippen molar-refractivity contribution in [3.05, 3.63) is 150 Å². The molecule has 0 aliphatic heterocycles. The molecule has 204 valence electrons. The SMILES string of the molecule is CC1=C(/C=C/C(C)=C/C=C/C(C)=C/C(=O)[P+](c2ccccc2)(c2ccccc2)c2ccccc2)C(C)(C)CCC1. The van der Waals surface area contributed by atoms with E-state index in [0.717, 1.165) is 21.5 Å². The van der Waals surface area contributed by atoms with Gasteiger partial charge in [0.15, 0.2) is 7.26 Å². The summed E-state index contributed by atoms with van der Waals surface area (Å²) in [5.74, 6) is 0. The van der Waals surface area contributed by atoms with E-state index in [0.29, 0.717) is 0 Å². The van der Waals surface area contributed by atoms with E-state index >= 15 is 0 Å². The molecule has 2 heteroatoms. The molecular weight excluding hydrogens is 503 g/mol. The van der Waals surface area contributed by atoms with E-state index in [1.807, 2.05) is 73.7 Å². The number of hydrogen-bond acceptors (Lipinski definition) is 1. The molecule has 0 aromatic heterocycles. The van der Waals surface area contributed by atoms with Crippen LogP contribution in [0.3, 0.4) is 0 Å². The standard InChI is InChI=1S/C38H42OP/c1-30(26-27-36-32(3)19-16-28-38(36,4)5)17-15-18-31(2)29-37(39)40(33-20-9-6-10-21-33,34-22-11-7-12-23-34)35-24-13-8-14-25-35/h6-15,17-18,20-27,29H,16,19,28H2,1-5H3/q+1/b18-15+,27-26+,30-17+,31-29+. The minimum atomic E-state index is -2.58. The Balaban J connectivity index is 1.66. The number of allylic oxidation sites excluding steroid dienone is 10. The molecule has 0 saturated heterocycles. The lowest BCUT2D eigenvalue weighted by atomic mass is 9.72. The third kappa shape index (κ3) is 6.60. The van der Waals surface area contributed by atoms with E-state index in [1.165, 1.54) is 36.0 Å². The molecule has 4 rings (SSSR count). The first-order valence-corrected chi connectivity index (χ1v) is 16.1. The molecule has 3 aromatic carbocycles. The Hall–Kier alpha value is -3.54. The first-order chi connectivity index (χ1) is 19.2. The first-order valence-electron chi connectivity index (χ1n) is 14.3. The Bertz CT molecular complexity index is 1350. The van der Waals surface area contributed by atoms with Gasteiger partial charge in [0.05, 0.1) is 0 Å². The van der Waals surface area contributed by atoms with Crippen molar-refractivity contribution in [2.45, 2.75) is 53.9 Å².